The Kier molecular flexibility index (Phi) is 4.45. The maximum atomic E-state index is 12.4. The van der Waals surface area contributed by atoms with Crippen molar-refractivity contribution < 1.29 is 18.3 Å². The van der Waals surface area contributed by atoms with Gasteiger partial charge in [-0.15, -0.1) is 16.2 Å². The fourth-order valence-corrected chi connectivity index (χ4v) is 4.79. The summed E-state index contributed by atoms with van der Waals surface area (Å²) in [5, 5.41) is 12.2. The van der Waals surface area contributed by atoms with Crippen molar-refractivity contribution in [2.75, 3.05) is 33.2 Å². The number of likely N-dealkylation sites (N-methyl/N-ethyl adjacent to an activating group) is 1. The summed E-state index contributed by atoms with van der Waals surface area (Å²) in [6.45, 7) is 4.26. The average molecular weight is 319 g/mol. The summed E-state index contributed by atoms with van der Waals surface area (Å²) >= 11 is 0.928. The molecule has 1 aliphatic rings. The van der Waals surface area contributed by atoms with Gasteiger partial charge in [0.05, 0.1) is 0 Å². The molecular formula is C11H17N3O4S2. The lowest BCUT2D eigenvalue weighted by Crippen LogP contribution is -2.52. The third kappa shape index (κ3) is 3.18. The van der Waals surface area contributed by atoms with Gasteiger partial charge >= 0.3 is 5.97 Å². The van der Waals surface area contributed by atoms with Crippen LogP contribution in [0.15, 0.2) is 10.3 Å². The third-order valence-corrected chi connectivity index (χ3v) is 5.91. The summed E-state index contributed by atoms with van der Waals surface area (Å²) in [6.07, 6.45) is 0. The molecule has 0 saturated carbocycles. The Labute approximate surface area is 121 Å². The first kappa shape index (κ1) is 15.4. The monoisotopic (exact) mass is 319 g/mol. The number of nitrogens with zero attached hydrogens (tertiary/aromatic N) is 2. The number of thiophene rings is 1. The number of rotatable bonds is 4. The normalized spacial score (nSPS) is 18.3. The largest absolute Gasteiger partial charge is 0.477 e. The van der Waals surface area contributed by atoms with E-state index in [1.54, 1.807) is 17.3 Å². The number of hydrazine groups is 1. The molecule has 9 heteroatoms. The molecule has 0 aromatic carbocycles. The Balaban J connectivity index is 2.23. The van der Waals surface area contributed by atoms with Gasteiger partial charge in [0.2, 0.25) is 0 Å². The van der Waals surface area contributed by atoms with Crippen molar-refractivity contribution in [3.05, 3.63) is 15.8 Å². The van der Waals surface area contributed by atoms with Gasteiger partial charge in [0.15, 0.2) is 0 Å². The first-order chi connectivity index (χ1) is 9.31. The van der Waals surface area contributed by atoms with Gasteiger partial charge in [0, 0.05) is 26.2 Å². The average Bonchev–Trinajstić information content (AvgIpc) is 2.75. The third-order valence-electron chi connectivity index (χ3n) is 3.13. The highest BCUT2D eigenvalue weighted by molar-refractivity contribution is 7.89. The summed E-state index contributed by atoms with van der Waals surface area (Å²) in [5.41, 5.74) is 0.453. The molecule has 0 radical (unpaired) electrons. The first-order valence-corrected chi connectivity index (χ1v) is 8.45. The van der Waals surface area contributed by atoms with E-state index >= 15 is 0 Å². The van der Waals surface area contributed by atoms with Crippen LogP contribution in [-0.4, -0.2) is 62.6 Å². The van der Waals surface area contributed by atoms with E-state index in [9.17, 15) is 13.2 Å². The zero-order valence-corrected chi connectivity index (χ0v) is 12.9. The van der Waals surface area contributed by atoms with Gasteiger partial charge in [-0.25, -0.2) is 18.2 Å². The van der Waals surface area contributed by atoms with Crippen molar-refractivity contribution in [1.29, 1.82) is 0 Å². The van der Waals surface area contributed by atoms with E-state index in [0.717, 1.165) is 24.4 Å². The van der Waals surface area contributed by atoms with Crippen molar-refractivity contribution in [2.45, 2.75) is 11.8 Å². The van der Waals surface area contributed by atoms with Gasteiger partial charge in [-0.2, -0.15) is 0 Å². The van der Waals surface area contributed by atoms with Crippen LogP contribution in [0.4, 0.5) is 0 Å². The summed E-state index contributed by atoms with van der Waals surface area (Å²) in [6, 6.07) is 0. The highest BCUT2D eigenvalue weighted by atomic mass is 32.2. The minimum atomic E-state index is -3.85. The minimum absolute atomic E-state index is 0.131. The Bertz CT molecular complexity index is 603. The van der Waals surface area contributed by atoms with Crippen LogP contribution in [0.25, 0.3) is 0 Å². The maximum absolute atomic E-state index is 12.4. The fraction of sp³-hybridized carbons (Fsp3) is 0.545. The highest BCUT2D eigenvalue weighted by Gasteiger charge is 2.29. The molecule has 7 nitrogen and oxygen atoms in total. The highest BCUT2D eigenvalue weighted by Crippen LogP contribution is 2.26. The molecule has 0 unspecified atom stereocenters. The Morgan fingerprint density at radius 1 is 1.35 bits per heavy atom. The van der Waals surface area contributed by atoms with Gasteiger partial charge in [-0.1, -0.05) is 0 Å². The van der Waals surface area contributed by atoms with Gasteiger partial charge in [-0.05, 0) is 24.9 Å². The van der Waals surface area contributed by atoms with E-state index in [1.165, 1.54) is 0 Å². The van der Waals surface area contributed by atoms with Crippen LogP contribution < -0.4 is 4.83 Å². The van der Waals surface area contributed by atoms with Gasteiger partial charge in [-0.3, -0.25) is 0 Å². The van der Waals surface area contributed by atoms with Gasteiger partial charge in [0.25, 0.3) is 10.0 Å². The predicted octanol–water partition coefficient (Wildman–Crippen LogP) is 0.195. The number of aromatic carboxylic acids is 1. The van der Waals surface area contributed by atoms with Crippen LogP contribution in [0.5, 0.6) is 0 Å². The van der Waals surface area contributed by atoms with Crippen LogP contribution in [0.2, 0.25) is 0 Å². The second kappa shape index (κ2) is 5.78. The lowest BCUT2D eigenvalue weighted by atomic mass is 10.3. The van der Waals surface area contributed by atoms with Crippen LogP contribution in [0.1, 0.15) is 15.2 Å². The van der Waals surface area contributed by atoms with E-state index in [1.807, 2.05) is 7.05 Å². The lowest BCUT2D eigenvalue weighted by molar-refractivity contribution is 0.0698. The van der Waals surface area contributed by atoms with Gasteiger partial charge in [0.1, 0.15) is 9.77 Å². The molecule has 1 aromatic heterocycles. The standard InChI is InChI=1S/C11H17N3O4S2/c1-8-7-19-9(11(15)16)10(8)20(17,18)12-14-5-3-13(2)4-6-14/h7,12H,3-6H2,1-2H3,(H,15,16). The number of carboxylic acids is 1. The summed E-state index contributed by atoms with van der Waals surface area (Å²) in [4.78, 5) is 15.4. The molecule has 2 N–H and O–H groups in total. The molecule has 0 bridgehead atoms. The second-order valence-corrected chi connectivity index (χ2v) is 7.24. The second-order valence-electron chi connectivity index (χ2n) is 4.77. The molecule has 20 heavy (non-hydrogen) atoms. The predicted molar refractivity (Wildman–Crippen MR) is 75.4 cm³/mol. The van der Waals surface area contributed by atoms with Crippen LogP contribution >= 0.6 is 11.3 Å². The summed E-state index contributed by atoms with van der Waals surface area (Å²) in [7, 11) is -1.88. The number of aryl methyl sites for hydroxylation is 1. The van der Waals surface area contributed by atoms with Crippen LogP contribution in [0.3, 0.4) is 0 Å². The zero-order chi connectivity index (χ0) is 14.9. The first-order valence-electron chi connectivity index (χ1n) is 6.08. The molecule has 0 spiro atoms. The Hall–Kier alpha value is -1.00. The lowest BCUT2D eigenvalue weighted by Gasteiger charge is -2.32. The molecule has 2 rings (SSSR count). The van der Waals surface area contributed by atoms with Crippen LogP contribution in [-0.2, 0) is 10.0 Å². The number of carboxylic acid groups (broad SMARTS) is 1. The number of nitrogens with one attached hydrogen (secondary N) is 1. The number of sulfonamides is 1. The molecule has 0 amide bonds. The molecule has 1 aliphatic heterocycles. The number of piperazine rings is 1. The van der Waals surface area contributed by atoms with E-state index in [-0.39, 0.29) is 9.77 Å². The number of hydrogen-bond donors (Lipinski definition) is 2. The fourth-order valence-electron chi connectivity index (χ4n) is 2.03. The SMILES string of the molecule is Cc1csc(C(=O)O)c1S(=O)(=O)NN1CCN(C)CC1. The maximum Gasteiger partial charge on any atom is 0.347 e. The smallest absolute Gasteiger partial charge is 0.347 e. The topological polar surface area (TPSA) is 89.9 Å². The molecule has 112 valence electrons. The van der Waals surface area contributed by atoms with Gasteiger partial charge < -0.3 is 10.0 Å². The molecule has 2 heterocycles. The van der Waals surface area contributed by atoms with E-state index in [0.29, 0.717) is 18.7 Å². The molecule has 1 aromatic rings. The number of hydrogen-bond acceptors (Lipinski definition) is 6. The quantitative estimate of drug-likeness (QED) is 0.824. The Morgan fingerprint density at radius 2 is 1.95 bits per heavy atom. The molecule has 1 saturated heterocycles. The molecular weight excluding hydrogens is 302 g/mol. The van der Waals surface area contributed by atoms with Crippen molar-refractivity contribution in [2.24, 2.45) is 0 Å². The zero-order valence-electron chi connectivity index (χ0n) is 11.3. The van der Waals surface area contributed by atoms with Crippen LogP contribution in [0, 0.1) is 6.92 Å². The molecule has 0 aliphatic carbocycles. The van der Waals surface area contributed by atoms with E-state index in [4.69, 9.17) is 5.11 Å². The van der Waals surface area contributed by atoms with Crippen molar-refractivity contribution in [1.82, 2.24) is 14.7 Å². The Morgan fingerprint density at radius 3 is 2.50 bits per heavy atom. The van der Waals surface area contributed by atoms with E-state index < -0.39 is 16.0 Å². The molecule has 0 atom stereocenters. The van der Waals surface area contributed by atoms with Crippen molar-refractivity contribution in [3.63, 3.8) is 0 Å². The van der Waals surface area contributed by atoms with Crippen molar-refractivity contribution in [3.8, 4) is 0 Å². The minimum Gasteiger partial charge on any atom is -0.477 e. The summed E-state index contributed by atoms with van der Waals surface area (Å²) < 4.78 is 24.7. The molecule has 1 fully saturated rings. The van der Waals surface area contributed by atoms with E-state index in [2.05, 4.69) is 9.73 Å². The number of carbonyl (C=O) groups is 1. The summed E-state index contributed by atoms with van der Waals surface area (Å²) in [5.74, 6) is -1.22. The van der Waals surface area contributed by atoms with Crippen molar-refractivity contribution >= 4 is 27.3 Å².